The largest absolute Gasteiger partial charge is 0.356 e. The lowest BCUT2D eigenvalue weighted by Gasteiger charge is -2.16. The molecule has 3 N–H and O–H groups in total. The van der Waals surface area contributed by atoms with Gasteiger partial charge >= 0.3 is 6.03 Å². The number of hydrogen-bond acceptors (Lipinski definition) is 3. The first-order chi connectivity index (χ1) is 11.7. The van der Waals surface area contributed by atoms with Crippen LogP contribution >= 0.6 is 11.8 Å². The molecule has 6 heteroatoms. The third-order valence-corrected chi connectivity index (χ3v) is 6.17. The molecule has 0 saturated carbocycles. The summed E-state index contributed by atoms with van der Waals surface area (Å²) in [7, 11) is 0. The lowest BCUT2D eigenvalue weighted by atomic mass is 10.0. The molecule has 2 fully saturated rings. The molecule has 3 unspecified atom stereocenters. The van der Waals surface area contributed by atoms with Gasteiger partial charge in [0.05, 0.1) is 12.1 Å². The van der Waals surface area contributed by atoms with Gasteiger partial charge in [0.15, 0.2) is 0 Å². The third kappa shape index (κ3) is 4.66. The Kier molecular flexibility index (Phi) is 6.01. The number of carbonyl (C=O) groups excluding carboxylic acids is 2. The van der Waals surface area contributed by atoms with E-state index in [1.54, 1.807) is 0 Å². The minimum atomic E-state index is -0.0342. The monoisotopic (exact) mass is 347 g/mol. The van der Waals surface area contributed by atoms with Crippen molar-refractivity contribution in [1.29, 1.82) is 0 Å². The predicted molar refractivity (Wildman–Crippen MR) is 97.1 cm³/mol. The van der Waals surface area contributed by atoms with Gasteiger partial charge in [-0.05, 0) is 24.8 Å². The highest BCUT2D eigenvalue weighted by Gasteiger charge is 2.42. The minimum Gasteiger partial charge on any atom is -0.356 e. The molecule has 0 spiro atoms. The van der Waals surface area contributed by atoms with Gasteiger partial charge < -0.3 is 16.0 Å². The maximum absolute atomic E-state index is 11.9. The summed E-state index contributed by atoms with van der Waals surface area (Å²) in [5.41, 5.74) is 1.25. The van der Waals surface area contributed by atoms with Crippen LogP contribution in [0.25, 0.3) is 0 Å². The topological polar surface area (TPSA) is 70.2 Å². The normalized spacial score (nSPS) is 25.0. The summed E-state index contributed by atoms with van der Waals surface area (Å²) in [4.78, 5) is 23.2. The lowest BCUT2D eigenvalue weighted by molar-refractivity contribution is -0.121. The molecular weight excluding hydrogens is 322 g/mol. The van der Waals surface area contributed by atoms with Crippen molar-refractivity contribution in [3.63, 3.8) is 0 Å². The maximum Gasteiger partial charge on any atom is 0.315 e. The highest BCUT2D eigenvalue weighted by molar-refractivity contribution is 8.00. The number of benzene rings is 1. The van der Waals surface area contributed by atoms with Crippen molar-refractivity contribution in [2.75, 3.05) is 12.3 Å². The number of carbonyl (C=O) groups is 2. The van der Waals surface area contributed by atoms with Crippen LogP contribution in [0.5, 0.6) is 0 Å². The van der Waals surface area contributed by atoms with Gasteiger partial charge in [-0.1, -0.05) is 36.8 Å². The van der Waals surface area contributed by atoms with Crippen LogP contribution in [0.2, 0.25) is 0 Å². The van der Waals surface area contributed by atoms with E-state index in [0.717, 1.165) is 31.4 Å². The Morgan fingerprint density at radius 2 is 2.04 bits per heavy atom. The van der Waals surface area contributed by atoms with Crippen LogP contribution in [0.1, 0.15) is 31.2 Å². The Hall–Kier alpha value is -1.69. The number of urea groups is 1. The Bertz CT molecular complexity index is 567. The highest BCUT2D eigenvalue weighted by Crippen LogP contribution is 2.33. The van der Waals surface area contributed by atoms with Crippen LogP contribution in [0.3, 0.4) is 0 Å². The summed E-state index contributed by atoms with van der Waals surface area (Å²) in [5, 5.41) is 9.44. The average Bonchev–Trinajstić information content (AvgIpc) is 3.12. The lowest BCUT2D eigenvalue weighted by Crippen LogP contribution is -2.36. The van der Waals surface area contributed by atoms with Gasteiger partial charge in [0.2, 0.25) is 5.91 Å². The Balaban J connectivity index is 1.25. The predicted octanol–water partition coefficient (Wildman–Crippen LogP) is 2.07. The second-order valence-corrected chi connectivity index (χ2v) is 7.73. The minimum absolute atomic E-state index is 0.0342. The van der Waals surface area contributed by atoms with E-state index in [9.17, 15) is 9.59 Å². The molecule has 0 aromatic heterocycles. The number of rotatable bonds is 8. The zero-order valence-electron chi connectivity index (χ0n) is 13.8. The first-order valence-corrected chi connectivity index (χ1v) is 9.76. The zero-order valence-corrected chi connectivity index (χ0v) is 14.6. The SMILES string of the molecule is O=C(CCCCC1SCC2NC(=O)NC21)NCCc1ccccc1. The molecule has 2 heterocycles. The highest BCUT2D eigenvalue weighted by atomic mass is 32.2. The molecule has 3 atom stereocenters. The standard InChI is InChI=1S/C18H25N3O2S/c22-16(19-11-10-13-6-2-1-3-7-13)9-5-4-8-15-17-14(12-24-15)20-18(23)21-17/h1-3,6-7,14-15,17H,4-5,8-12H2,(H,19,22)(H2,20,21,23). The fourth-order valence-corrected chi connectivity index (χ4v) is 4.90. The second kappa shape index (κ2) is 8.42. The van der Waals surface area contributed by atoms with Crippen molar-refractivity contribution >= 4 is 23.7 Å². The fourth-order valence-electron chi connectivity index (χ4n) is 3.35. The summed E-state index contributed by atoms with van der Waals surface area (Å²) in [6.07, 6.45) is 4.47. The Morgan fingerprint density at radius 1 is 1.21 bits per heavy atom. The molecule has 0 radical (unpaired) electrons. The number of hydrogen-bond donors (Lipinski definition) is 3. The van der Waals surface area contributed by atoms with Crippen LogP contribution in [0.15, 0.2) is 30.3 Å². The summed E-state index contributed by atoms with van der Waals surface area (Å²) >= 11 is 1.93. The van der Waals surface area contributed by atoms with Gasteiger partial charge in [-0.25, -0.2) is 4.79 Å². The van der Waals surface area contributed by atoms with E-state index in [4.69, 9.17) is 0 Å². The molecule has 2 saturated heterocycles. The van der Waals surface area contributed by atoms with Crippen molar-refractivity contribution in [2.45, 2.75) is 49.4 Å². The van der Waals surface area contributed by atoms with Gasteiger partial charge in [-0.2, -0.15) is 11.8 Å². The van der Waals surface area contributed by atoms with E-state index >= 15 is 0 Å². The smallest absolute Gasteiger partial charge is 0.315 e. The molecule has 5 nitrogen and oxygen atoms in total. The number of fused-ring (bicyclic) bond motifs is 1. The van der Waals surface area contributed by atoms with Crippen LogP contribution in [-0.2, 0) is 11.2 Å². The molecule has 3 amide bonds. The quantitative estimate of drug-likeness (QED) is 0.498. The van der Waals surface area contributed by atoms with Crippen molar-refractivity contribution < 1.29 is 9.59 Å². The van der Waals surface area contributed by atoms with E-state index < -0.39 is 0 Å². The van der Waals surface area contributed by atoms with Crippen molar-refractivity contribution in [2.24, 2.45) is 0 Å². The Labute approximate surface area is 147 Å². The zero-order chi connectivity index (χ0) is 16.8. The van der Waals surface area contributed by atoms with E-state index in [2.05, 4.69) is 28.1 Å². The van der Waals surface area contributed by atoms with Crippen molar-refractivity contribution in [3.05, 3.63) is 35.9 Å². The van der Waals surface area contributed by atoms with E-state index in [0.29, 0.717) is 18.2 Å². The van der Waals surface area contributed by atoms with Gasteiger partial charge in [0.25, 0.3) is 0 Å². The van der Waals surface area contributed by atoms with Crippen molar-refractivity contribution in [1.82, 2.24) is 16.0 Å². The number of thioether (sulfide) groups is 1. The number of nitrogens with one attached hydrogen (secondary N) is 3. The fraction of sp³-hybridized carbons (Fsp3) is 0.556. The molecule has 0 bridgehead atoms. The summed E-state index contributed by atoms with van der Waals surface area (Å²) < 4.78 is 0. The molecule has 1 aromatic carbocycles. The molecule has 2 aliphatic rings. The molecule has 2 aliphatic heterocycles. The molecule has 1 aromatic rings. The number of unbranched alkanes of at least 4 members (excludes halogenated alkanes) is 1. The van der Waals surface area contributed by atoms with Crippen LogP contribution < -0.4 is 16.0 Å². The van der Waals surface area contributed by atoms with Crippen LogP contribution in [0, 0.1) is 0 Å². The molecular formula is C18H25N3O2S. The van der Waals surface area contributed by atoms with Crippen LogP contribution in [-0.4, -0.2) is 41.6 Å². The average molecular weight is 347 g/mol. The van der Waals surface area contributed by atoms with E-state index in [1.807, 2.05) is 30.0 Å². The van der Waals surface area contributed by atoms with E-state index in [1.165, 1.54) is 5.56 Å². The van der Waals surface area contributed by atoms with Gasteiger partial charge in [0, 0.05) is 24.0 Å². The van der Waals surface area contributed by atoms with Gasteiger partial charge in [-0.15, -0.1) is 0 Å². The van der Waals surface area contributed by atoms with Crippen molar-refractivity contribution in [3.8, 4) is 0 Å². The summed E-state index contributed by atoms with van der Waals surface area (Å²) in [6, 6.07) is 10.7. The number of amides is 3. The first-order valence-electron chi connectivity index (χ1n) is 8.71. The molecule has 24 heavy (non-hydrogen) atoms. The van der Waals surface area contributed by atoms with E-state index in [-0.39, 0.29) is 24.0 Å². The maximum atomic E-state index is 11.9. The molecule has 0 aliphatic carbocycles. The van der Waals surface area contributed by atoms with Crippen LogP contribution in [0.4, 0.5) is 4.79 Å². The second-order valence-electron chi connectivity index (χ2n) is 6.45. The molecule has 130 valence electrons. The summed E-state index contributed by atoms with van der Waals surface area (Å²) in [5.74, 6) is 1.13. The van der Waals surface area contributed by atoms with Gasteiger partial charge in [-0.3, -0.25) is 4.79 Å². The van der Waals surface area contributed by atoms with Gasteiger partial charge in [0.1, 0.15) is 0 Å². The summed E-state index contributed by atoms with van der Waals surface area (Å²) in [6.45, 7) is 0.697. The first kappa shape index (κ1) is 17.1. The third-order valence-electron chi connectivity index (χ3n) is 4.66. The molecule has 3 rings (SSSR count). The Morgan fingerprint density at radius 3 is 2.88 bits per heavy atom.